The molecule has 0 fully saturated rings. The number of rotatable bonds is 9. The molecule has 1 atom stereocenters. The molecular weight excluding hydrogens is 400 g/mol. The van der Waals surface area contributed by atoms with Gasteiger partial charge in [0.1, 0.15) is 5.75 Å². The fraction of sp³-hybridized carbons (Fsp3) is 0.409. The molecule has 0 aliphatic rings. The van der Waals surface area contributed by atoms with E-state index < -0.39 is 10.0 Å². The third-order valence-electron chi connectivity index (χ3n) is 4.55. The second-order valence-electron chi connectivity index (χ2n) is 7.26. The number of guanidine groups is 1. The van der Waals surface area contributed by atoms with E-state index in [1.54, 1.807) is 19.2 Å². The molecule has 0 aliphatic heterocycles. The maximum absolute atomic E-state index is 11.6. The second kappa shape index (κ2) is 10.9. The van der Waals surface area contributed by atoms with Crippen LogP contribution in [0.4, 0.5) is 5.69 Å². The minimum absolute atomic E-state index is 0.141. The molecule has 0 saturated carbocycles. The molecule has 0 bridgehead atoms. The molecule has 0 spiro atoms. The van der Waals surface area contributed by atoms with Gasteiger partial charge in [0.25, 0.3) is 0 Å². The van der Waals surface area contributed by atoms with Crippen molar-refractivity contribution in [3.05, 3.63) is 59.2 Å². The van der Waals surface area contributed by atoms with E-state index in [0.29, 0.717) is 24.7 Å². The molecule has 30 heavy (non-hydrogen) atoms. The van der Waals surface area contributed by atoms with Gasteiger partial charge in [-0.15, -0.1) is 0 Å². The van der Waals surface area contributed by atoms with E-state index in [1.807, 2.05) is 25.1 Å². The van der Waals surface area contributed by atoms with Gasteiger partial charge < -0.3 is 15.4 Å². The van der Waals surface area contributed by atoms with Crippen molar-refractivity contribution in [1.29, 1.82) is 0 Å². The highest BCUT2D eigenvalue weighted by Crippen LogP contribution is 2.22. The Hall–Kier alpha value is -2.74. The first kappa shape index (κ1) is 23.5. The lowest BCUT2D eigenvalue weighted by Crippen LogP contribution is -2.36. The van der Waals surface area contributed by atoms with Crippen LogP contribution in [0.25, 0.3) is 0 Å². The van der Waals surface area contributed by atoms with Crippen molar-refractivity contribution in [3.63, 3.8) is 0 Å². The van der Waals surface area contributed by atoms with Crippen molar-refractivity contribution < 1.29 is 13.2 Å². The molecule has 3 N–H and O–H groups in total. The van der Waals surface area contributed by atoms with Crippen LogP contribution in [-0.2, 0) is 23.1 Å². The van der Waals surface area contributed by atoms with Crippen molar-refractivity contribution in [2.75, 3.05) is 18.0 Å². The average molecular weight is 433 g/mol. The van der Waals surface area contributed by atoms with Crippen LogP contribution >= 0.6 is 0 Å². The number of benzene rings is 2. The summed E-state index contributed by atoms with van der Waals surface area (Å²) in [4.78, 5) is 4.26. The topological polar surface area (TPSA) is 91.8 Å². The van der Waals surface area contributed by atoms with Gasteiger partial charge in [-0.2, -0.15) is 0 Å². The standard InChI is InChI=1S/C22H32N4O3S/c1-6-17(3)29-21-13-16(2)11-12-19(21)15-25-22(23-4)24-14-18-9-7-8-10-20(18)26-30(5,27)28/h7-13,17,26H,6,14-15H2,1-5H3,(H2,23,24,25). The Bertz CT molecular complexity index is 974. The number of sulfonamides is 1. The molecule has 7 nitrogen and oxygen atoms in total. The van der Waals surface area contributed by atoms with Gasteiger partial charge in [-0.1, -0.05) is 37.3 Å². The summed E-state index contributed by atoms with van der Waals surface area (Å²) in [6, 6.07) is 13.4. The monoisotopic (exact) mass is 432 g/mol. The highest BCUT2D eigenvalue weighted by Gasteiger charge is 2.10. The van der Waals surface area contributed by atoms with Gasteiger partial charge in [-0.05, 0) is 43.5 Å². The largest absolute Gasteiger partial charge is 0.490 e. The van der Waals surface area contributed by atoms with Crippen LogP contribution in [0.15, 0.2) is 47.5 Å². The predicted molar refractivity (Wildman–Crippen MR) is 124 cm³/mol. The summed E-state index contributed by atoms with van der Waals surface area (Å²) in [6.07, 6.45) is 2.21. The first-order chi connectivity index (χ1) is 14.2. The zero-order chi connectivity index (χ0) is 22.1. The molecule has 164 valence electrons. The normalized spacial score (nSPS) is 12.9. The minimum atomic E-state index is -3.35. The van der Waals surface area contributed by atoms with Crippen LogP contribution in [0.3, 0.4) is 0 Å². The van der Waals surface area contributed by atoms with Crippen LogP contribution in [0.2, 0.25) is 0 Å². The number of ether oxygens (including phenoxy) is 1. The number of hydrogen-bond acceptors (Lipinski definition) is 4. The van der Waals surface area contributed by atoms with E-state index in [4.69, 9.17) is 4.74 Å². The van der Waals surface area contributed by atoms with E-state index in [1.165, 1.54) is 0 Å². The van der Waals surface area contributed by atoms with Crippen molar-refractivity contribution in [3.8, 4) is 5.75 Å². The van der Waals surface area contributed by atoms with E-state index >= 15 is 0 Å². The third-order valence-corrected chi connectivity index (χ3v) is 5.15. The van der Waals surface area contributed by atoms with Gasteiger partial charge in [0, 0.05) is 25.7 Å². The SMILES string of the molecule is CCC(C)Oc1cc(C)ccc1CNC(=NC)NCc1ccccc1NS(C)(=O)=O. The Kier molecular flexibility index (Phi) is 8.53. The van der Waals surface area contributed by atoms with Crippen LogP contribution in [0.5, 0.6) is 5.75 Å². The molecule has 0 saturated heterocycles. The number of hydrogen-bond donors (Lipinski definition) is 3. The maximum atomic E-state index is 11.6. The number of aliphatic imine (C=N–C) groups is 1. The highest BCUT2D eigenvalue weighted by molar-refractivity contribution is 7.92. The number of nitrogens with zero attached hydrogens (tertiary/aromatic N) is 1. The third kappa shape index (κ3) is 7.59. The average Bonchev–Trinajstić information content (AvgIpc) is 2.69. The summed E-state index contributed by atoms with van der Waals surface area (Å²) in [6.45, 7) is 7.17. The van der Waals surface area contributed by atoms with E-state index in [9.17, 15) is 8.42 Å². The lowest BCUT2D eigenvalue weighted by Gasteiger charge is -2.18. The quantitative estimate of drug-likeness (QED) is 0.417. The zero-order valence-electron chi connectivity index (χ0n) is 18.3. The molecule has 8 heteroatoms. The summed E-state index contributed by atoms with van der Waals surface area (Å²) >= 11 is 0. The first-order valence-corrected chi connectivity index (χ1v) is 11.9. The Labute approximate surface area is 180 Å². The second-order valence-corrected chi connectivity index (χ2v) is 9.01. The van der Waals surface area contributed by atoms with Crippen LogP contribution in [-0.4, -0.2) is 33.8 Å². The van der Waals surface area contributed by atoms with Crippen LogP contribution in [0.1, 0.15) is 37.0 Å². The number of nitrogens with one attached hydrogen (secondary N) is 3. The van der Waals surface area contributed by atoms with E-state index in [-0.39, 0.29) is 6.10 Å². The molecule has 0 heterocycles. The van der Waals surface area contributed by atoms with Crippen molar-refractivity contribution in [1.82, 2.24) is 10.6 Å². The van der Waals surface area contributed by atoms with Crippen molar-refractivity contribution in [2.45, 2.75) is 46.4 Å². The van der Waals surface area contributed by atoms with Crippen LogP contribution in [0, 0.1) is 6.92 Å². The lowest BCUT2D eigenvalue weighted by atomic mass is 10.1. The summed E-state index contributed by atoms with van der Waals surface area (Å²) in [5.41, 5.74) is 3.56. The van der Waals surface area contributed by atoms with Crippen molar-refractivity contribution in [2.24, 2.45) is 4.99 Å². The summed E-state index contributed by atoms with van der Waals surface area (Å²) in [5.74, 6) is 1.48. The highest BCUT2D eigenvalue weighted by atomic mass is 32.2. The number of para-hydroxylation sites is 1. The molecular formula is C22H32N4O3S. The fourth-order valence-electron chi connectivity index (χ4n) is 2.77. The zero-order valence-corrected chi connectivity index (χ0v) is 19.1. The Morgan fingerprint density at radius 2 is 1.77 bits per heavy atom. The van der Waals surface area contributed by atoms with Gasteiger partial charge in [0.15, 0.2) is 5.96 Å². The van der Waals surface area contributed by atoms with Gasteiger partial charge >= 0.3 is 0 Å². The van der Waals surface area contributed by atoms with Crippen molar-refractivity contribution >= 4 is 21.7 Å². The summed E-state index contributed by atoms with van der Waals surface area (Å²) in [5, 5.41) is 6.52. The molecule has 0 aliphatic carbocycles. The Morgan fingerprint density at radius 1 is 1.10 bits per heavy atom. The number of aryl methyl sites for hydroxylation is 1. The summed E-state index contributed by atoms with van der Waals surface area (Å²) in [7, 11) is -1.65. The van der Waals surface area contributed by atoms with Gasteiger partial charge in [-0.3, -0.25) is 9.71 Å². The molecule has 1 unspecified atom stereocenters. The lowest BCUT2D eigenvalue weighted by molar-refractivity contribution is 0.215. The van der Waals surface area contributed by atoms with Gasteiger partial charge in [-0.25, -0.2) is 8.42 Å². The smallest absolute Gasteiger partial charge is 0.229 e. The maximum Gasteiger partial charge on any atom is 0.229 e. The summed E-state index contributed by atoms with van der Waals surface area (Å²) < 4.78 is 31.8. The van der Waals surface area contributed by atoms with Gasteiger partial charge in [0.05, 0.1) is 18.0 Å². The van der Waals surface area contributed by atoms with E-state index in [2.05, 4.69) is 46.3 Å². The molecule has 0 radical (unpaired) electrons. The first-order valence-electron chi connectivity index (χ1n) is 9.98. The molecule has 2 aromatic rings. The molecule has 0 aromatic heterocycles. The fourth-order valence-corrected chi connectivity index (χ4v) is 3.37. The minimum Gasteiger partial charge on any atom is -0.490 e. The number of anilines is 1. The van der Waals surface area contributed by atoms with Crippen LogP contribution < -0.4 is 20.1 Å². The molecule has 2 rings (SSSR count). The predicted octanol–water partition coefficient (Wildman–Crippen LogP) is 3.41. The van der Waals surface area contributed by atoms with Gasteiger partial charge in [0.2, 0.25) is 10.0 Å². The van der Waals surface area contributed by atoms with E-state index in [0.717, 1.165) is 35.1 Å². The molecule has 2 aromatic carbocycles. The Morgan fingerprint density at radius 3 is 2.40 bits per heavy atom. The molecule has 0 amide bonds. The Balaban J connectivity index is 2.03.